The van der Waals surface area contributed by atoms with Crippen molar-refractivity contribution >= 4 is 11.8 Å². The number of rotatable bonds is 0. The van der Waals surface area contributed by atoms with Crippen molar-refractivity contribution in [2.45, 2.75) is 0 Å². The van der Waals surface area contributed by atoms with E-state index in [2.05, 4.69) is 16.1 Å². The van der Waals surface area contributed by atoms with E-state index in [4.69, 9.17) is 0 Å². The fraction of sp³-hybridized carbons (Fsp3) is 0.0909. The molecule has 0 saturated carbocycles. The molecular weight excluding hydrogens is 192 g/mol. The number of thioether (sulfide) groups is 1. The van der Waals surface area contributed by atoms with Crippen molar-refractivity contribution in [2.75, 3.05) is 5.75 Å². The van der Waals surface area contributed by atoms with Crippen LogP contribution in [0.1, 0.15) is 0 Å². The van der Waals surface area contributed by atoms with Crippen LogP contribution in [0.3, 0.4) is 0 Å². The molecule has 0 N–H and O–H groups in total. The highest BCUT2D eigenvalue weighted by Gasteiger charge is 2.12. The van der Waals surface area contributed by atoms with Gasteiger partial charge in [0.25, 0.3) is 0 Å². The molecule has 1 aromatic rings. The van der Waals surface area contributed by atoms with Gasteiger partial charge in [0, 0.05) is 12.0 Å². The average molecular weight is 200 g/mol. The molecule has 0 unspecified atom stereocenters. The fourth-order valence-electron chi connectivity index (χ4n) is 1.51. The van der Waals surface area contributed by atoms with Crippen molar-refractivity contribution in [3.63, 3.8) is 0 Å². The van der Waals surface area contributed by atoms with Crippen molar-refractivity contribution in [2.24, 2.45) is 9.98 Å². The first kappa shape index (κ1) is 8.00. The van der Waals surface area contributed by atoms with Gasteiger partial charge in [0.2, 0.25) is 0 Å². The van der Waals surface area contributed by atoms with Gasteiger partial charge in [-0.25, -0.2) is 4.99 Å². The molecule has 2 aliphatic heterocycles. The molecule has 0 atom stereocenters. The lowest BCUT2D eigenvalue weighted by atomic mass is 10.3. The quantitative estimate of drug-likeness (QED) is 0.621. The lowest BCUT2D eigenvalue weighted by molar-refractivity contribution is 1.21. The molecule has 0 amide bonds. The minimum Gasteiger partial charge on any atom is -0.253 e. The maximum absolute atomic E-state index is 4.58. The van der Waals surface area contributed by atoms with Gasteiger partial charge in [-0.2, -0.15) is 0 Å². The van der Waals surface area contributed by atoms with Gasteiger partial charge in [0.05, 0.1) is 21.3 Å². The second-order valence-electron chi connectivity index (χ2n) is 3.12. The maximum atomic E-state index is 4.58. The summed E-state index contributed by atoms with van der Waals surface area (Å²) in [5.41, 5.74) is 1.07. The van der Waals surface area contributed by atoms with Crippen LogP contribution in [0.2, 0.25) is 0 Å². The first-order valence-electron chi connectivity index (χ1n) is 4.48. The van der Waals surface area contributed by atoms with Crippen LogP contribution in [0, 0.1) is 0 Å². The van der Waals surface area contributed by atoms with Gasteiger partial charge in [-0.3, -0.25) is 4.99 Å². The van der Waals surface area contributed by atoms with Crippen LogP contribution in [0.15, 0.2) is 57.1 Å². The predicted octanol–water partition coefficient (Wildman–Crippen LogP) is 1.41. The molecule has 0 saturated heterocycles. The Kier molecular flexibility index (Phi) is 1.77. The van der Waals surface area contributed by atoms with Crippen molar-refractivity contribution in [1.82, 2.24) is 0 Å². The maximum Gasteiger partial charge on any atom is 0.0893 e. The Morgan fingerprint density at radius 3 is 2.93 bits per heavy atom. The topological polar surface area (TPSA) is 24.7 Å². The van der Waals surface area contributed by atoms with Gasteiger partial charge < -0.3 is 0 Å². The second kappa shape index (κ2) is 3.10. The van der Waals surface area contributed by atoms with Gasteiger partial charge in [0.15, 0.2) is 0 Å². The Balaban J connectivity index is 2.35. The number of benzene rings is 1. The van der Waals surface area contributed by atoms with E-state index in [9.17, 15) is 0 Å². The number of fused-ring (bicyclic) bond motifs is 2. The summed E-state index contributed by atoms with van der Waals surface area (Å²) in [6.45, 7) is 0. The third-order valence-corrected chi connectivity index (χ3v) is 3.17. The monoisotopic (exact) mass is 200 g/mol. The Hall–Kier alpha value is -1.35. The van der Waals surface area contributed by atoms with E-state index in [-0.39, 0.29) is 0 Å². The van der Waals surface area contributed by atoms with E-state index >= 15 is 0 Å². The van der Waals surface area contributed by atoms with Crippen molar-refractivity contribution in [3.05, 3.63) is 57.9 Å². The normalized spacial score (nSPS) is 18.0. The average Bonchev–Trinajstić information content (AvgIpc) is 2.58. The lowest BCUT2D eigenvalue weighted by Gasteiger charge is -1.92. The third-order valence-electron chi connectivity index (χ3n) is 2.21. The Labute approximate surface area is 85.8 Å². The molecule has 0 fully saturated rings. The summed E-state index contributed by atoms with van der Waals surface area (Å²) in [6, 6.07) is 7.96. The molecule has 1 aromatic carbocycles. The molecule has 3 heteroatoms. The molecule has 0 aliphatic carbocycles. The SMILES string of the molecule is C1=C2N=c3ccccc3=NC=C2SC1. The molecule has 0 bridgehead atoms. The molecule has 14 heavy (non-hydrogen) atoms. The summed E-state index contributed by atoms with van der Waals surface area (Å²) in [5, 5.41) is 1.92. The summed E-state index contributed by atoms with van der Waals surface area (Å²) in [5.74, 6) is 1.02. The van der Waals surface area contributed by atoms with E-state index in [1.54, 1.807) is 11.8 Å². The standard InChI is InChI=1S/C11H8N2S/c1-2-4-9-8(3-1)12-7-11-10(13-9)5-6-14-11/h1-5,7H,6H2. The highest BCUT2D eigenvalue weighted by Crippen LogP contribution is 2.31. The summed E-state index contributed by atoms with van der Waals surface area (Å²) < 4.78 is 0. The van der Waals surface area contributed by atoms with Crippen molar-refractivity contribution in [3.8, 4) is 0 Å². The third kappa shape index (κ3) is 1.21. The van der Waals surface area contributed by atoms with Crippen LogP contribution in [0.4, 0.5) is 0 Å². The first-order chi connectivity index (χ1) is 6.93. The van der Waals surface area contributed by atoms with Gasteiger partial charge in [0.1, 0.15) is 0 Å². The summed E-state index contributed by atoms with van der Waals surface area (Å²) in [6.07, 6.45) is 4.06. The lowest BCUT2D eigenvalue weighted by Crippen LogP contribution is -2.23. The van der Waals surface area contributed by atoms with Crippen LogP contribution in [0.25, 0.3) is 0 Å². The van der Waals surface area contributed by atoms with Gasteiger partial charge in [-0.15, -0.1) is 11.8 Å². The molecule has 2 nitrogen and oxygen atoms in total. The number of hydrogen-bond donors (Lipinski definition) is 0. The predicted molar refractivity (Wildman–Crippen MR) is 57.4 cm³/mol. The summed E-state index contributed by atoms with van der Waals surface area (Å²) in [4.78, 5) is 10.2. The van der Waals surface area contributed by atoms with Crippen LogP contribution >= 0.6 is 11.8 Å². The Morgan fingerprint density at radius 2 is 2.00 bits per heavy atom. The van der Waals surface area contributed by atoms with E-state index < -0.39 is 0 Å². The van der Waals surface area contributed by atoms with Crippen molar-refractivity contribution in [1.29, 1.82) is 0 Å². The Morgan fingerprint density at radius 1 is 1.14 bits per heavy atom. The van der Waals surface area contributed by atoms with Crippen molar-refractivity contribution < 1.29 is 0 Å². The molecule has 2 aliphatic rings. The fourth-order valence-corrected chi connectivity index (χ4v) is 2.34. The minimum atomic E-state index is 0.955. The highest BCUT2D eigenvalue weighted by molar-refractivity contribution is 8.03. The van der Waals surface area contributed by atoms with Crippen LogP contribution in [0.5, 0.6) is 0 Å². The highest BCUT2D eigenvalue weighted by atomic mass is 32.2. The number of nitrogens with zero attached hydrogens (tertiary/aromatic N) is 2. The Bertz CT molecular complexity index is 555. The van der Waals surface area contributed by atoms with Gasteiger partial charge >= 0.3 is 0 Å². The molecule has 0 aromatic heterocycles. The molecular formula is C11H8N2S. The molecule has 0 spiro atoms. The van der Waals surface area contributed by atoms with E-state index in [1.807, 2.05) is 30.5 Å². The summed E-state index contributed by atoms with van der Waals surface area (Å²) >= 11 is 1.79. The number of hydrogen-bond acceptors (Lipinski definition) is 3. The molecule has 2 heterocycles. The zero-order valence-corrected chi connectivity index (χ0v) is 8.29. The van der Waals surface area contributed by atoms with Crippen LogP contribution < -0.4 is 10.7 Å². The minimum absolute atomic E-state index is 0.955. The van der Waals surface area contributed by atoms with E-state index in [1.165, 1.54) is 4.91 Å². The van der Waals surface area contributed by atoms with Gasteiger partial charge in [-0.05, 0) is 18.2 Å². The van der Waals surface area contributed by atoms with Gasteiger partial charge in [-0.1, -0.05) is 12.1 Å². The van der Waals surface area contributed by atoms with Crippen LogP contribution in [-0.4, -0.2) is 5.75 Å². The zero-order valence-electron chi connectivity index (χ0n) is 7.47. The van der Waals surface area contributed by atoms with E-state index in [0.29, 0.717) is 0 Å². The number of para-hydroxylation sites is 2. The molecule has 0 radical (unpaired) electrons. The zero-order chi connectivity index (χ0) is 9.38. The smallest absolute Gasteiger partial charge is 0.0893 e. The van der Waals surface area contributed by atoms with E-state index in [0.717, 1.165) is 22.2 Å². The first-order valence-corrected chi connectivity index (χ1v) is 5.47. The summed E-state index contributed by atoms with van der Waals surface area (Å²) in [7, 11) is 0. The van der Waals surface area contributed by atoms with Crippen LogP contribution in [-0.2, 0) is 0 Å². The largest absolute Gasteiger partial charge is 0.253 e. The molecule has 3 rings (SSSR count). The molecule has 68 valence electrons. The second-order valence-corrected chi connectivity index (χ2v) is 4.19.